The van der Waals surface area contributed by atoms with Crippen molar-refractivity contribution in [2.75, 3.05) is 7.05 Å². The molecular weight excluding hydrogens is 251 g/mol. The minimum atomic E-state index is -0.128. The molecule has 3 heteroatoms. The van der Waals surface area contributed by atoms with E-state index in [0.29, 0.717) is 17.9 Å². The first-order chi connectivity index (χ1) is 9.41. The number of hydrogen-bond acceptors (Lipinski definition) is 2. The van der Waals surface area contributed by atoms with Crippen LogP contribution in [0.1, 0.15) is 45.2 Å². The average Bonchev–Trinajstić information content (AvgIpc) is 2.37. The van der Waals surface area contributed by atoms with E-state index in [1.807, 2.05) is 12.1 Å². The van der Waals surface area contributed by atoms with E-state index < -0.39 is 0 Å². The lowest BCUT2D eigenvalue weighted by atomic mass is 9.76. The summed E-state index contributed by atoms with van der Waals surface area (Å²) in [5.41, 5.74) is 7.14. The van der Waals surface area contributed by atoms with E-state index >= 15 is 0 Å². The van der Waals surface area contributed by atoms with Crippen LogP contribution in [-0.4, -0.2) is 24.0 Å². The Labute approximate surface area is 122 Å². The van der Waals surface area contributed by atoms with Crippen LogP contribution in [0.2, 0.25) is 0 Å². The molecule has 2 rings (SSSR count). The lowest BCUT2D eigenvalue weighted by Gasteiger charge is -2.45. The molecule has 0 heterocycles. The maximum absolute atomic E-state index is 14.0. The molecule has 5 atom stereocenters. The molecule has 20 heavy (non-hydrogen) atoms. The molecule has 0 radical (unpaired) electrons. The van der Waals surface area contributed by atoms with Crippen LogP contribution < -0.4 is 5.73 Å². The van der Waals surface area contributed by atoms with E-state index in [0.717, 1.165) is 12.0 Å². The van der Waals surface area contributed by atoms with E-state index in [1.165, 1.54) is 12.5 Å². The van der Waals surface area contributed by atoms with Gasteiger partial charge in [-0.25, -0.2) is 4.39 Å². The average molecular weight is 278 g/mol. The quantitative estimate of drug-likeness (QED) is 0.915. The molecule has 1 fully saturated rings. The van der Waals surface area contributed by atoms with Crippen LogP contribution in [0.25, 0.3) is 0 Å². The van der Waals surface area contributed by atoms with Gasteiger partial charge in [-0.3, -0.25) is 4.90 Å². The third-order valence-corrected chi connectivity index (χ3v) is 4.91. The fraction of sp³-hybridized carbons (Fsp3) is 0.647. The van der Waals surface area contributed by atoms with Crippen molar-refractivity contribution in [2.24, 2.45) is 17.6 Å². The van der Waals surface area contributed by atoms with Gasteiger partial charge in [-0.15, -0.1) is 0 Å². The van der Waals surface area contributed by atoms with Crippen molar-refractivity contribution in [3.8, 4) is 0 Å². The predicted octanol–water partition coefficient (Wildman–Crippen LogP) is 3.58. The number of benzene rings is 1. The van der Waals surface area contributed by atoms with Crippen molar-refractivity contribution in [3.63, 3.8) is 0 Å². The van der Waals surface area contributed by atoms with E-state index in [1.54, 1.807) is 6.07 Å². The lowest BCUT2D eigenvalue weighted by molar-refractivity contribution is 0.0675. The molecule has 1 aromatic rings. The standard InChI is InChI=1S/C17H27FN2/c1-11-9-12(2)17(16(19)10-11)20(4)13(3)14-7-5-6-8-15(14)18/h5-8,11-13,16-17H,9-10,19H2,1-4H3. The van der Waals surface area contributed by atoms with Crippen LogP contribution in [0, 0.1) is 17.7 Å². The summed E-state index contributed by atoms with van der Waals surface area (Å²) in [6, 6.07) is 7.58. The molecular formula is C17H27FN2. The monoisotopic (exact) mass is 278 g/mol. The second-order valence-electron chi connectivity index (χ2n) is 6.57. The zero-order valence-corrected chi connectivity index (χ0v) is 13.0. The molecule has 0 aliphatic heterocycles. The fourth-order valence-electron chi connectivity index (χ4n) is 3.89. The maximum atomic E-state index is 14.0. The van der Waals surface area contributed by atoms with Crippen molar-refractivity contribution in [3.05, 3.63) is 35.6 Å². The molecule has 2 N–H and O–H groups in total. The molecule has 0 aromatic heterocycles. The normalized spacial score (nSPS) is 32.4. The Morgan fingerprint density at radius 2 is 1.90 bits per heavy atom. The molecule has 2 nitrogen and oxygen atoms in total. The Hall–Kier alpha value is -0.930. The predicted molar refractivity (Wildman–Crippen MR) is 81.9 cm³/mol. The van der Waals surface area contributed by atoms with Crippen LogP contribution in [0.3, 0.4) is 0 Å². The molecule has 0 bridgehead atoms. The third kappa shape index (κ3) is 3.04. The smallest absolute Gasteiger partial charge is 0.127 e. The molecule has 5 unspecified atom stereocenters. The highest BCUT2D eigenvalue weighted by Crippen LogP contribution is 2.34. The first-order valence-corrected chi connectivity index (χ1v) is 7.63. The highest BCUT2D eigenvalue weighted by Gasteiger charge is 2.36. The summed E-state index contributed by atoms with van der Waals surface area (Å²) < 4.78 is 14.0. The molecule has 1 aliphatic rings. The van der Waals surface area contributed by atoms with Crippen LogP contribution in [0.15, 0.2) is 24.3 Å². The van der Waals surface area contributed by atoms with E-state index in [-0.39, 0.29) is 17.9 Å². The first kappa shape index (κ1) is 15.5. The highest BCUT2D eigenvalue weighted by molar-refractivity contribution is 5.21. The Morgan fingerprint density at radius 1 is 1.25 bits per heavy atom. The molecule has 1 aromatic carbocycles. The fourth-order valence-corrected chi connectivity index (χ4v) is 3.89. The van der Waals surface area contributed by atoms with Gasteiger partial charge in [-0.1, -0.05) is 32.0 Å². The number of nitrogens with zero attached hydrogens (tertiary/aromatic N) is 1. The van der Waals surface area contributed by atoms with Crippen LogP contribution in [-0.2, 0) is 0 Å². The largest absolute Gasteiger partial charge is 0.326 e. The van der Waals surface area contributed by atoms with Gasteiger partial charge in [0.25, 0.3) is 0 Å². The summed E-state index contributed by atoms with van der Waals surface area (Å²) in [7, 11) is 2.08. The molecule has 112 valence electrons. The maximum Gasteiger partial charge on any atom is 0.127 e. The second-order valence-corrected chi connectivity index (χ2v) is 6.57. The summed E-state index contributed by atoms with van der Waals surface area (Å²) in [6.07, 6.45) is 2.26. The zero-order chi connectivity index (χ0) is 14.9. The number of hydrogen-bond donors (Lipinski definition) is 1. The highest BCUT2D eigenvalue weighted by atomic mass is 19.1. The molecule has 1 saturated carbocycles. The Bertz CT molecular complexity index is 436. The minimum Gasteiger partial charge on any atom is -0.326 e. The van der Waals surface area contributed by atoms with Gasteiger partial charge < -0.3 is 5.73 Å². The Morgan fingerprint density at radius 3 is 2.50 bits per heavy atom. The lowest BCUT2D eigenvalue weighted by Crippen LogP contribution is -2.54. The molecule has 1 aliphatic carbocycles. The van der Waals surface area contributed by atoms with E-state index in [4.69, 9.17) is 5.73 Å². The van der Waals surface area contributed by atoms with Crippen molar-refractivity contribution < 1.29 is 4.39 Å². The van der Waals surface area contributed by atoms with Gasteiger partial charge in [0.15, 0.2) is 0 Å². The van der Waals surface area contributed by atoms with Crippen LogP contribution >= 0.6 is 0 Å². The van der Waals surface area contributed by atoms with Gasteiger partial charge in [0, 0.05) is 23.7 Å². The summed E-state index contributed by atoms with van der Waals surface area (Å²) in [5, 5.41) is 0. The van der Waals surface area contributed by atoms with Crippen LogP contribution in [0.4, 0.5) is 4.39 Å². The van der Waals surface area contributed by atoms with Crippen molar-refractivity contribution >= 4 is 0 Å². The number of rotatable bonds is 3. The SMILES string of the molecule is CC1CC(C)C(N(C)C(C)c2ccccc2F)C(N)C1. The summed E-state index contributed by atoms with van der Waals surface area (Å²) in [4.78, 5) is 2.26. The number of likely N-dealkylation sites (N-methyl/N-ethyl adjacent to an activating group) is 1. The topological polar surface area (TPSA) is 29.3 Å². The molecule has 0 spiro atoms. The first-order valence-electron chi connectivity index (χ1n) is 7.63. The third-order valence-electron chi connectivity index (χ3n) is 4.91. The van der Waals surface area contributed by atoms with Gasteiger partial charge >= 0.3 is 0 Å². The van der Waals surface area contributed by atoms with E-state index in [9.17, 15) is 4.39 Å². The number of nitrogens with two attached hydrogens (primary N) is 1. The summed E-state index contributed by atoms with van der Waals surface area (Å²) >= 11 is 0. The summed E-state index contributed by atoms with van der Waals surface area (Å²) in [6.45, 7) is 6.60. The minimum absolute atomic E-state index is 0.0445. The van der Waals surface area contributed by atoms with Gasteiger partial charge in [0.2, 0.25) is 0 Å². The summed E-state index contributed by atoms with van der Waals surface area (Å²) in [5.74, 6) is 1.11. The molecule has 0 amide bonds. The van der Waals surface area contributed by atoms with Gasteiger partial charge in [0.05, 0.1) is 0 Å². The van der Waals surface area contributed by atoms with Gasteiger partial charge in [-0.05, 0) is 44.7 Å². The van der Waals surface area contributed by atoms with E-state index in [2.05, 4.69) is 32.7 Å². The Balaban J connectivity index is 2.18. The van der Waals surface area contributed by atoms with Gasteiger partial charge in [0.1, 0.15) is 5.82 Å². The Kier molecular flexibility index (Phi) is 4.82. The van der Waals surface area contributed by atoms with Gasteiger partial charge in [-0.2, -0.15) is 0 Å². The number of halogens is 1. The molecule has 0 saturated heterocycles. The zero-order valence-electron chi connectivity index (χ0n) is 13.0. The van der Waals surface area contributed by atoms with Crippen molar-refractivity contribution in [1.82, 2.24) is 4.90 Å². The van der Waals surface area contributed by atoms with Crippen molar-refractivity contribution in [2.45, 2.75) is 51.7 Å². The van der Waals surface area contributed by atoms with Crippen LogP contribution in [0.5, 0.6) is 0 Å². The second kappa shape index (κ2) is 6.23. The van der Waals surface area contributed by atoms with Crippen molar-refractivity contribution in [1.29, 1.82) is 0 Å².